The van der Waals surface area contributed by atoms with Gasteiger partial charge < -0.3 is 14.4 Å². The highest BCUT2D eigenvalue weighted by Crippen LogP contribution is 2.42. The maximum Gasteiger partial charge on any atom is 0.226 e. The SMILES string of the molecule is C[C@@H]1C[C@H]1C(=O)N1C[C@H]2[C@@H](CCOCc3ccccn3)CO[C@H]2C1. The van der Waals surface area contributed by atoms with Crippen LogP contribution in [0.4, 0.5) is 0 Å². The van der Waals surface area contributed by atoms with Gasteiger partial charge in [-0.05, 0) is 36.8 Å². The van der Waals surface area contributed by atoms with E-state index in [4.69, 9.17) is 9.47 Å². The van der Waals surface area contributed by atoms with E-state index in [1.54, 1.807) is 6.20 Å². The van der Waals surface area contributed by atoms with Crippen LogP contribution < -0.4 is 0 Å². The summed E-state index contributed by atoms with van der Waals surface area (Å²) in [6, 6.07) is 5.87. The van der Waals surface area contributed by atoms with E-state index in [0.717, 1.165) is 44.8 Å². The number of carbonyl (C=O) groups excluding carboxylic acids is 1. The fourth-order valence-electron chi connectivity index (χ4n) is 4.07. The third-order valence-corrected chi connectivity index (χ3v) is 5.79. The molecular weight excluding hydrogens is 304 g/mol. The number of amides is 1. The van der Waals surface area contributed by atoms with Crippen molar-refractivity contribution in [3.05, 3.63) is 30.1 Å². The number of nitrogens with zero attached hydrogens (tertiary/aromatic N) is 2. The number of ether oxygens (including phenoxy) is 2. The molecule has 24 heavy (non-hydrogen) atoms. The topological polar surface area (TPSA) is 51.7 Å². The van der Waals surface area contributed by atoms with Gasteiger partial charge in [0.1, 0.15) is 0 Å². The molecule has 5 atom stereocenters. The summed E-state index contributed by atoms with van der Waals surface area (Å²) in [6.07, 6.45) is 4.09. The van der Waals surface area contributed by atoms with Crippen molar-refractivity contribution in [3.8, 4) is 0 Å². The number of hydrogen-bond acceptors (Lipinski definition) is 4. The number of aromatic nitrogens is 1. The summed E-state index contributed by atoms with van der Waals surface area (Å²) < 4.78 is 11.7. The van der Waals surface area contributed by atoms with Crippen LogP contribution in [0.3, 0.4) is 0 Å². The Hall–Kier alpha value is -1.46. The van der Waals surface area contributed by atoms with E-state index < -0.39 is 0 Å². The number of likely N-dealkylation sites (tertiary alicyclic amines) is 1. The molecule has 1 aliphatic carbocycles. The Labute approximate surface area is 143 Å². The van der Waals surface area contributed by atoms with E-state index in [9.17, 15) is 4.79 Å². The van der Waals surface area contributed by atoms with Gasteiger partial charge in [-0.1, -0.05) is 13.0 Å². The third kappa shape index (κ3) is 3.33. The Morgan fingerprint density at radius 2 is 2.29 bits per heavy atom. The first-order valence-electron chi connectivity index (χ1n) is 9.10. The summed E-state index contributed by atoms with van der Waals surface area (Å²) in [7, 11) is 0. The average Bonchev–Trinajstić information content (AvgIpc) is 3.02. The number of carbonyl (C=O) groups is 1. The second-order valence-electron chi connectivity index (χ2n) is 7.52. The largest absolute Gasteiger partial charge is 0.376 e. The van der Waals surface area contributed by atoms with Gasteiger partial charge in [-0.3, -0.25) is 9.78 Å². The minimum Gasteiger partial charge on any atom is -0.376 e. The van der Waals surface area contributed by atoms with Crippen LogP contribution in [0, 0.1) is 23.7 Å². The first-order valence-corrected chi connectivity index (χ1v) is 9.10. The van der Waals surface area contributed by atoms with Crippen molar-refractivity contribution in [2.45, 2.75) is 32.5 Å². The summed E-state index contributed by atoms with van der Waals surface area (Å²) in [5, 5.41) is 0. The van der Waals surface area contributed by atoms with Gasteiger partial charge in [-0.15, -0.1) is 0 Å². The van der Waals surface area contributed by atoms with Crippen molar-refractivity contribution in [2.75, 3.05) is 26.3 Å². The van der Waals surface area contributed by atoms with E-state index in [-0.39, 0.29) is 12.0 Å². The Balaban J connectivity index is 1.22. The first kappa shape index (κ1) is 16.0. The predicted molar refractivity (Wildman–Crippen MR) is 89.1 cm³/mol. The van der Waals surface area contributed by atoms with Crippen LogP contribution in [-0.2, 0) is 20.9 Å². The fraction of sp³-hybridized carbons (Fsp3) is 0.684. The summed E-state index contributed by atoms with van der Waals surface area (Å²) in [5.74, 6) is 2.21. The van der Waals surface area contributed by atoms with Gasteiger partial charge >= 0.3 is 0 Å². The van der Waals surface area contributed by atoms with E-state index >= 15 is 0 Å². The molecule has 5 heteroatoms. The molecule has 3 heterocycles. The summed E-state index contributed by atoms with van der Waals surface area (Å²) in [4.78, 5) is 18.7. The molecule has 1 saturated carbocycles. The molecule has 0 unspecified atom stereocenters. The van der Waals surface area contributed by atoms with E-state index in [0.29, 0.717) is 30.3 Å². The van der Waals surface area contributed by atoms with Crippen molar-refractivity contribution in [2.24, 2.45) is 23.7 Å². The number of pyridine rings is 1. The van der Waals surface area contributed by atoms with Crippen LogP contribution in [0.25, 0.3) is 0 Å². The van der Waals surface area contributed by atoms with Crippen LogP contribution in [0.5, 0.6) is 0 Å². The fourth-order valence-corrected chi connectivity index (χ4v) is 4.07. The van der Waals surface area contributed by atoms with Crippen LogP contribution in [-0.4, -0.2) is 48.2 Å². The molecular formula is C19H26N2O3. The number of hydrogen-bond donors (Lipinski definition) is 0. The standard InChI is InChI=1S/C19H26N2O3/c1-13-8-16(13)19(22)21-9-17-14(11-24-18(17)10-21)5-7-23-12-15-4-2-3-6-20-15/h2-4,6,13-14,16-18H,5,7-12H2,1H3/t13-,14+,16-,17+,18+/m1/s1. The second-order valence-corrected chi connectivity index (χ2v) is 7.52. The number of rotatable bonds is 6. The molecule has 0 radical (unpaired) electrons. The molecule has 3 fully saturated rings. The van der Waals surface area contributed by atoms with Gasteiger partial charge in [0.05, 0.1) is 25.0 Å². The molecule has 4 rings (SSSR count). The maximum absolute atomic E-state index is 12.4. The summed E-state index contributed by atoms with van der Waals surface area (Å²) in [6.45, 7) is 5.92. The number of fused-ring (bicyclic) bond motifs is 1. The third-order valence-electron chi connectivity index (χ3n) is 5.79. The molecule has 2 aliphatic heterocycles. The Bertz CT molecular complexity index is 579. The summed E-state index contributed by atoms with van der Waals surface area (Å²) in [5.41, 5.74) is 0.967. The van der Waals surface area contributed by atoms with Gasteiger partial charge in [0.2, 0.25) is 5.91 Å². The molecule has 3 aliphatic rings. The zero-order valence-corrected chi connectivity index (χ0v) is 14.3. The Kier molecular flexibility index (Phi) is 4.55. The first-order chi connectivity index (χ1) is 11.7. The quantitative estimate of drug-likeness (QED) is 0.750. The molecule has 1 aromatic heterocycles. The van der Waals surface area contributed by atoms with E-state index in [1.807, 2.05) is 23.1 Å². The smallest absolute Gasteiger partial charge is 0.226 e. The molecule has 0 spiro atoms. The second kappa shape index (κ2) is 6.81. The van der Waals surface area contributed by atoms with Crippen LogP contribution in [0.1, 0.15) is 25.5 Å². The van der Waals surface area contributed by atoms with Crippen LogP contribution >= 0.6 is 0 Å². The molecule has 1 amide bonds. The summed E-state index contributed by atoms with van der Waals surface area (Å²) >= 11 is 0. The van der Waals surface area contributed by atoms with Crippen LogP contribution in [0.15, 0.2) is 24.4 Å². The molecule has 0 N–H and O–H groups in total. The van der Waals surface area contributed by atoms with Crippen LogP contribution in [0.2, 0.25) is 0 Å². The monoisotopic (exact) mass is 330 g/mol. The molecule has 5 nitrogen and oxygen atoms in total. The minimum absolute atomic E-state index is 0.240. The molecule has 0 bridgehead atoms. The van der Waals surface area contributed by atoms with Gasteiger partial charge in [0.25, 0.3) is 0 Å². The lowest BCUT2D eigenvalue weighted by Crippen LogP contribution is -2.32. The van der Waals surface area contributed by atoms with Crippen molar-refractivity contribution >= 4 is 5.91 Å². The van der Waals surface area contributed by atoms with Crippen molar-refractivity contribution in [1.82, 2.24) is 9.88 Å². The lowest BCUT2D eigenvalue weighted by atomic mass is 9.91. The normalized spacial score (nSPS) is 34.4. The molecule has 1 aromatic rings. The predicted octanol–water partition coefficient (Wildman–Crippen LogP) is 2.12. The Morgan fingerprint density at radius 1 is 1.42 bits per heavy atom. The lowest BCUT2D eigenvalue weighted by Gasteiger charge is -2.20. The van der Waals surface area contributed by atoms with Gasteiger partial charge in [0, 0.05) is 37.7 Å². The maximum atomic E-state index is 12.4. The molecule has 130 valence electrons. The highest BCUT2D eigenvalue weighted by molar-refractivity contribution is 5.82. The minimum atomic E-state index is 0.240. The average molecular weight is 330 g/mol. The zero-order valence-electron chi connectivity index (χ0n) is 14.3. The van der Waals surface area contributed by atoms with Crippen molar-refractivity contribution in [3.63, 3.8) is 0 Å². The van der Waals surface area contributed by atoms with Gasteiger partial charge in [-0.2, -0.15) is 0 Å². The molecule has 2 saturated heterocycles. The van der Waals surface area contributed by atoms with E-state index in [2.05, 4.69) is 11.9 Å². The van der Waals surface area contributed by atoms with Gasteiger partial charge in [-0.25, -0.2) is 0 Å². The highest BCUT2D eigenvalue weighted by Gasteiger charge is 2.49. The highest BCUT2D eigenvalue weighted by atomic mass is 16.5. The van der Waals surface area contributed by atoms with Gasteiger partial charge in [0.15, 0.2) is 0 Å². The lowest BCUT2D eigenvalue weighted by molar-refractivity contribution is -0.132. The molecule has 0 aromatic carbocycles. The zero-order chi connectivity index (χ0) is 16.5. The van der Waals surface area contributed by atoms with E-state index in [1.165, 1.54) is 0 Å². The van der Waals surface area contributed by atoms with Crippen molar-refractivity contribution < 1.29 is 14.3 Å². The Morgan fingerprint density at radius 3 is 3.04 bits per heavy atom. The van der Waals surface area contributed by atoms with Crippen molar-refractivity contribution in [1.29, 1.82) is 0 Å².